The normalized spacial score (nSPS) is 12.4. The van der Waals surface area contributed by atoms with E-state index in [4.69, 9.17) is 0 Å². The van der Waals surface area contributed by atoms with Gasteiger partial charge >= 0.3 is 0 Å². The highest BCUT2D eigenvalue weighted by Crippen LogP contribution is 2.30. The smallest absolute Gasteiger partial charge is 0.000771 e. The number of hydrogen-bond donors (Lipinski definition) is 1. The Hall–Kier alpha value is -0.0400. The Bertz CT molecular complexity index is 125. The zero-order valence-electron chi connectivity index (χ0n) is 10.8. The lowest BCUT2D eigenvalue weighted by molar-refractivity contribution is 0.223. The highest BCUT2D eigenvalue weighted by Gasteiger charge is 2.24. The largest absolute Gasteiger partial charge is 0.316 e. The number of hydrogen-bond acceptors (Lipinski definition) is 1. The minimum Gasteiger partial charge on any atom is -0.316 e. The van der Waals surface area contributed by atoms with Crippen molar-refractivity contribution in [1.82, 2.24) is 5.32 Å². The molecule has 86 valence electrons. The Morgan fingerprint density at radius 2 is 1.64 bits per heavy atom. The Labute approximate surface area is 90.7 Å². The lowest BCUT2D eigenvalue weighted by Crippen LogP contribution is -2.35. The molecule has 0 saturated carbocycles. The molecule has 0 amide bonds. The third-order valence-electron chi connectivity index (χ3n) is 3.33. The van der Waals surface area contributed by atoms with Crippen molar-refractivity contribution < 1.29 is 0 Å². The molecule has 0 atom stereocenters. The van der Waals surface area contributed by atoms with Gasteiger partial charge in [0.2, 0.25) is 0 Å². The number of rotatable bonds is 8. The summed E-state index contributed by atoms with van der Waals surface area (Å²) in [4.78, 5) is 0. The third kappa shape index (κ3) is 4.99. The second-order valence-corrected chi connectivity index (χ2v) is 4.98. The zero-order valence-corrected chi connectivity index (χ0v) is 10.8. The summed E-state index contributed by atoms with van der Waals surface area (Å²) in [5.41, 5.74) is 0.559. The lowest BCUT2D eigenvalue weighted by atomic mass is 9.78. The summed E-state index contributed by atoms with van der Waals surface area (Å²) < 4.78 is 0. The van der Waals surface area contributed by atoms with Crippen LogP contribution in [-0.2, 0) is 0 Å². The van der Waals surface area contributed by atoms with E-state index in [-0.39, 0.29) is 0 Å². The maximum atomic E-state index is 3.61. The molecule has 0 unspecified atom stereocenters. The summed E-state index contributed by atoms with van der Waals surface area (Å²) in [6, 6.07) is 0. The molecular weight excluding hydrogens is 170 g/mol. The molecule has 1 heteroatoms. The van der Waals surface area contributed by atoms with Gasteiger partial charge in [-0.1, -0.05) is 41.0 Å². The van der Waals surface area contributed by atoms with E-state index in [1.165, 1.54) is 32.2 Å². The van der Waals surface area contributed by atoms with Crippen molar-refractivity contribution in [1.29, 1.82) is 0 Å². The van der Waals surface area contributed by atoms with E-state index in [1.807, 2.05) is 0 Å². The van der Waals surface area contributed by atoms with Crippen LogP contribution in [0.3, 0.4) is 0 Å². The zero-order chi connectivity index (χ0) is 11.0. The first-order chi connectivity index (χ1) is 6.60. The molecule has 0 aliphatic carbocycles. The predicted molar refractivity (Wildman–Crippen MR) is 65.6 cm³/mol. The average Bonchev–Trinajstić information content (AvgIpc) is 2.16. The van der Waals surface area contributed by atoms with Gasteiger partial charge in [0.25, 0.3) is 0 Å². The van der Waals surface area contributed by atoms with Crippen LogP contribution in [0.4, 0.5) is 0 Å². The van der Waals surface area contributed by atoms with Gasteiger partial charge in [-0.2, -0.15) is 0 Å². The number of nitrogens with one attached hydrogen (secondary N) is 1. The van der Waals surface area contributed by atoms with Gasteiger partial charge in [-0.25, -0.2) is 0 Å². The first-order valence-electron chi connectivity index (χ1n) is 6.31. The molecule has 0 fully saturated rings. The average molecular weight is 199 g/mol. The first kappa shape index (κ1) is 14.0. The Morgan fingerprint density at radius 1 is 1.07 bits per heavy atom. The van der Waals surface area contributed by atoms with Gasteiger partial charge in [0, 0.05) is 6.54 Å². The molecule has 0 rings (SSSR count). The Morgan fingerprint density at radius 3 is 2.00 bits per heavy atom. The Kier molecular flexibility index (Phi) is 7.26. The quantitative estimate of drug-likeness (QED) is 0.626. The van der Waals surface area contributed by atoms with Crippen molar-refractivity contribution in [3.05, 3.63) is 0 Å². The van der Waals surface area contributed by atoms with Gasteiger partial charge in [-0.3, -0.25) is 0 Å². The van der Waals surface area contributed by atoms with E-state index in [0.717, 1.165) is 12.5 Å². The van der Waals surface area contributed by atoms with Crippen LogP contribution in [0.5, 0.6) is 0 Å². The van der Waals surface area contributed by atoms with Crippen LogP contribution in [0, 0.1) is 11.3 Å². The van der Waals surface area contributed by atoms with Gasteiger partial charge in [0.15, 0.2) is 0 Å². The van der Waals surface area contributed by atoms with Crippen LogP contribution >= 0.6 is 0 Å². The molecule has 0 bridgehead atoms. The maximum Gasteiger partial charge on any atom is 0.000771 e. The summed E-state index contributed by atoms with van der Waals surface area (Å²) in [5.74, 6) is 0.767. The van der Waals surface area contributed by atoms with Crippen LogP contribution in [0.25, 0.3) is 0 Å². The van der Waals surface area contributed by atoms with Crippen LogP contribution in [0.15, 0.2) is 0 Å². The monoisotopic (exact) mass is 199 g/mol. The first-order valence-corrected chi connectivity index (χ1v) is 6.31. The van der Waals surface area contributed by atoms with Crippen molar-refractivity contribution in [3.63, 3.8) is 0 Å². The highest BCUT2D eigenvalue weighted by molar-refractivity contribution is 4.78. The Balaban J connectivity index is 3.94. The van der Waals surface area contributed by atoms with Crippen molar-refractivity contribution in [2.75, 3.05) is 13.1 Å². The van der Waals surface area contributed by atoms with E-state index in [9.17, 15) is 0 Å². The summed E-state index contributed by atoms with van der Waals surface area (Å²) in [6.07, 6.45) is 5.29. The van der Waals surface area contributed by atoms with E-state index >= 15 is 0 Å². The highest BCUT2D eigenvalue weighted by atomic mass is 14.9. The van der Waals surface area contributed by atoms with E-state index < -0.39 is 0 Å². The molecule has 0 saturated heterocycles. The molecular formula is C13H29N. The molecule has 14 heavy (non-hydrogen) atoms. The van der Waals surface area contributed by atoms with Crippen molar-refractivity contribution in [2.24, 2.45) is 11.3 Å². The third-order valence-corrected chi connectivity index (χ3v) is 3.33. The van der Waals surface area contributed by atoms with Crippen molar-refractivity contribution in [2.45, 2.75) is 60.3 Å². The topological polar surface area (TPSA) is 12.0 Å². The van der Waals surface area contributed by atoms with Crippen molar-refractivity contribution in [3.8, 4) is 0 Å². The van der Waals surface area contributed by atoms with Gasteiger partial charge in [0.05, 0.1) is 0 Å². The fourth-order valence-corrected chi connectivity index (χ4v) is 2.10. The molecule has 0 aliphatic heterocycles. The standard InChI is InChI=1S/C13H29N/c1-6-9-13(7-2,8-3)11-14-10-12(4)5/h12,14H,6-11H2,1-5H3. The molecule has 0 aromatic rings. The van der Waals surface area contributed by atoms with Gasteiger partial charge in [-0.15, -0.1) is 0 Å². The molecule has 0 heterocycles. The van der Waals surface area contributed by atoms with Crippen molar-refractivity contribution >= 4 is 0 Å². The summed E-state index contributed by atoms with van der Waals surface area (Å²) in [6.45, 7) is 13.9. The molecule has 1 nitrogen and oxygen atoms in total. The molecule has 0 aliphatic rings. The maximum absolute atomic E-state index is 3.61. The van der Waals surface area contributed by atoms with Gasteiger partial charge in [-0.05, 0) is 37.1 Å². The summed E-state index contributed by atoms with van der Waals surface area (Å²) in [5, 5.41) is 3.61. The second-order valence-electron chi connectivity index (χ2n) is 4.98. The minimum absolute atomic E-state index is 0.559. The van der Waals surface area contributed by atoms with Crippen LogP contribution in [0.1, 0.15) is 60.3 Å². The van der Waals surface area contributed by atoms with E-state index in [1.54, 1.807) is 0 Å². The molecule has 0 radical (unpaired) electrons. The SMILES string of the molecule is CCCC(CC)(CC)CNCC(C)C. The molecule has 0 aromatic carbocycles. The van der Waals surface area contributed by atoms with E-state index in [2.05, 4.69) is 39.9 Å². The van der Waals surface area contributed by atoms with Gasteiger partial charge < -0.3 is 5.32 Å². The lowest BCUT2D eigenvalue weighted by Gasteiger charge is -2.32. The van der Waals surface area contributed by atoms with Crippen LogP contribution in [0.2, 0.25) is 0 Å². The predicted octanol–water partition coefficient (Wildman–Crippen LogP) is 3.84. The minimum atomic E-state index is 0.559. The summed E-state index contributed by atoms with van der Waals surface area (Å²) in [7, 11) is 0. The molecule has 0 spiro atoms. The second kappa shape index (κ2) is 7.28. The molecule has 0 aromatic heterocycles. The summed E-state index contributed by atoms with van der Waals surface area (Å²) >= 11 is 0. The van der Waals surface area contributed by atoms with E-state index in [0.29, 0.717) is 5.41 Å². The van der Waals surface area contributed by atoms with Crippen LogP contribution < -0.4 is 5.32 Å². The fraction of sp³-hybridized carbons (Fsp3) is 1.00. The van der Waals surface area contributed by atoms with Gasteiger partial charge in [0.1, 0.15) is 0 Å². The fourth-order valence-electron chi connectivity index (χ4n) is 2.10. The molecule has 1 N–H and O–H groups in total. The van der Waals surface area contributed by atoms with Crippen LogP contribution in [-0.4, -0.2) is 13.1 Å².